The minimum atomic E-state index is -0.545. The van der Waals surface area contributed by atoms with E-state index in [2.05, 4.69) is 230 Å². The molecule has 10 aromatic rings. The Kier molecular flexibility index (Phi) is 9.04. The van der Waals surface area contributed by atoms with Gasteiger partial charge in [-0.3, -0.25) is 0 Å². The summed E-state index contributed by atoms with van der Waals surface area (Å²) in [4.78, 5) is 13.5. The van der Waals surface area contributed by atoms with Crippen LogP contribution in [-0.4, -0.2) is 16.1 Å². The van der Waals surface area contributed by atoms with Gasteiger partial charge in [0.1, 0.15) is 0 Å². The van der Waals surface area contributed by atoms with E-state index >= 15 is 0 Å². The van der Waals surface area contributed by atoms with E-state index in [1.54, 1.807) is 0 Å². The van der Waals surface area contributed by atoms with Crippen molar-refractivity contribution in [2.75, 3.05) is 0 Å². The number of rotatable bonds is 5. The summed E-state index contributed by atoms with van der Waals surface area (Å²) in [7, 11) is 0. The van der Waals surface area contributed by atoms with Gasteiger partial charge in [-0.25, -0.2) is 9.98 Å². The number of benzene rings is 9. The van der Waals surface area contributed by atoms with E-state index in [1.807, 2.05) is 11.8 Å². The van der Waals surface area contributed by atoms with E-state index in [0.717, 1.165) is 46.8 Å². The molecular formula is C62H43N3S. The molecule has 0 aliphatic carbocycles. The van der Waals surface area contributed by atoms with Crippen LogP contribution < -0.4 is 0 Å². The lowest BCUT2D eigenvalue weighted by atomic mass is 9.62. The van der Waals surface area contributed by atoms with Gasteiger partial charge in [0.15, 0.2) is 5.84 Å². The van der Waals surface area contributed by atoms with Gasteiger partial charge < -0.3 is 4.57 Å². The Balaban J connectivity index is 0.984. The molecule has 0 saturated heterocycles. The fourth-order valence-electron chi connectivity index (χ4n) is 11.0. The average molecular weight is 862 g/mol. The first kappa shape index (κ1) is 38.6. The van der Waals surface area contributed by atoms with Crippen LogP contribution in [0.5, 0.6) is 0 Å². The summed E-state index contributed by atoms with van der Waals surface area (Å²) in [5.41, 5.74) is 19.7. The van der Waals surface area contributed by atoms with Gasteiger partial charge in [-0.2, -0.15) is 0 Å². The molecule has 4 heteroatoms. The van der Waals surface area contributed by atoms with Crippen molar-refractivity contribution in [2.24, 2.45) is 9.98 Å². The van der Waals surface area contributed by atoms with Gasteiger partial charge in [0.2, 0.25) is 0 Å². The zero-order valence-corrected chi connectivity index (χ0v) is 37.3. The van der Waals surface area contributed by atoms with Crippen LogP contribution in [0.3, 0.4) is 0 Å². The summed E-state index contributed by atoms with van der Waals surface area (Å²) in [5, 5.41) is 2.57. The first-order valence-electron chi connectivity index (χ1n) is 22.9. The van der Waals surface area contributed by atoms with Gasteiger partial charge in [-0.05, 0) is 99.7 Å². The molecule has 9 aromatic carbocycles. The van der Waals surface area contributed by atoms with E-state index < -0.39 is 5.41 Å². The number of aromatic nitrogens is 1. The van der Waals surface area contributed by atoms with Crippen LogP contribution in [0.4, 0.5) is 0 Å². The standard InChI is InChI=1S/C62H43N3S/c1-40-33-38-54(63-61(64-58(40)43-19-6-3-7-20-43)44-36-34-42(35-37-44)41-17-4-2-5-18-41)46-22-14-21-45(39-46)47-24-15-29-53-60(47)66-57-32-13-10-27-51(57)62(53)50-26-9-12-31-56(50)65-55-30-11-8-23-48(55)49-25-16-28-52(62)59(49)65/h2-32,34-37,39H,33,38H2,1H3/b58-40+,63-54+,64-61-. The number of aliphatic imine (C=N–C) groups is 2. The highest BCUT2D eigenvalue weighted by atomic mass is 32.2. The Bertz CT molecular complexity index is 3670. The molecule has 3 aliphatic heterocycles. The van der Waals surface area contributed by atoms with E-state index in [-0.39, 0.29) is 0 Å². The van der Waals surface area contributed by atoms with E-state index in [9.17, 15) is 0 Å². The highest BCUT2D eigenvalue weighted by Gasteiger charge is 2.49. The quantitative estimate of drug-likeness (QED) is 0.170. The average Bonchev–Trinajstić information content (AvgIpc) is 3.72. The highest BCUT2D eigenvalue weighted by Crippen LogP contribution is 2.61. The molecule has 0 fully saturated rings. The van der Waals surface area contributed by atoms with Crippen molar-refractivity contribution in [3.8, 4) is 27.9 Å². The maximum Gasteiger partial charge on any atom is 0.160 e. The summed E-state index contributed by atoms with van der Waals surface area (Å²) < 4.78 is 2.52. The van der Waals surface area contributed by atoms with Crippen LogP contribution in [0.2, 0.25) is 0 Å². The fraction of sp³-hybridized carbons (Fsp3) is 0.0645. The Labute approximate surface area is 389 Å². The number of allylic oxidation sites excluding steroid dienone is 1. The monoisotopic (exact) mass is 861 g/mol. The van der Waals surface area contributed by atoms with Crippen LogP contribution >= 0.6 is 11.8 Å². The molecule has 0 amide bonds. The molecular weight excluding hydrogens is 819 g/mol. The molecule has 4 heterocycles. The molecule has 0 N–H and O–H groups in total. The molecule has 66 heavy (non-hydrogen) atoms. The number of hydrogen-bond donors (Lipinski definition) is 0. The Hall–Kier alpha value is -7.79. The summed E-state index contributed by atoms with van der Waals surface area (Å²) in [6, 6.07) is 79.9. The van der Waals surface area contributed by atoms with Crippen molar-refractivity contribution < 1.29 is 0 Å². The molecule has 1 aromatic heterocycles. The van der Waals surface area contributed by atoms with Crippen molar-refractivity contribution in [3.63, 3.8) is 0 Å². The third kappa shape index (κ3) is 5.91. The zero-order chi connectivity index (χ0) is 43.8. The third-order valence-electron chi connectivity index (χ3n) is 14.0. The summed E-state index contributed by atoms with van der Waals surface area (Å²) >= 11 is 1.90. The minimum Gasteiger partial charge on any atom is -0.309 e. The van der Waals surface area contributed by atoms with Gasteiger partial charge in [-0.15, -0.1) is 0 Å². The van der Waals surface area contributed by atoms with Crippen molar-refractivity contribution in [1.29, 1.82) is 0 Å². The maximum atomic E-state index is 5.52. The highest BCUT2D eigenvalue weighted by molar-refractivity contribution is 7.99. The first-order chi connectivity index (χ1) is 32.6. The summed E-state index contributed by atoms with van der Waals surface area (Å²) in [6.07, 6.45) is 1.65. The molecule has 3 aliphatic rings. The lowest BCUT2D eigenvalue weighted by molar-refractivity contribution is 0.690. The minimum absolute atomic E-state index is 0.545. The molecule has 1 unspecified atom stereocenters. The summed E-state index contributed by atoms with van der Waals surface area (Å²) in [5.74, 6) is 0.724. The molecule has 312 valence electrons. The second-order valence-corrected chi connectivity index (χ2v) is 18.7. The second-order valence-electron chi connectivity index (χ2n) is 17.6. The van der Waals surface area contributed by atoms with E-state index in [4.69, 9.17) is 9.98 Å². The van der Waals surface area contributed by atoms with Gasteiger partial charge in [0, 0.05) is 31.7 Å². The van der Waals surface area contributed by atoms with Crippen LogP contribution in [0.1, 0.15) is 58.7 Å². The molecule has 0 bridgehead atoms. The van der Waals surface area contributed by atoms with Crippen LogP contribution in [-0.2, 0) is 5.41 Å². The second kappa shape index (κ2) is 15.4. The number of fused-ring (bicyclic) bond motifs is 11. The molecule has 1 atom stereocenters. The molecule has 1 spiro atoms. The Morgan fingerprint density at radius 2 is 1.06 bits per heavy atom. The maximum absolute atomic E-state index is 5.52. The first-order valence-corrected chi connectivity index (χ1v) is 23.7. The molecule has 0 saturated carbocycles. The van der Waals surface area contributed by atoms with Gasteiger partial charge in [0.05, 0.1) is 33.5 Å². The topological polar surface area (TPSA) is 29.6 Å². The Morgan fingerprint density at radius 1 is 0.455 bits per heavy atom. The molecule has 0 radical (unpaired) electrons. The van der Waals surface area contributed by atoms with Crippen LogP contribution in [0.25, 0.3) is 55.4 Å². The SMILES string of the molecule is C\C1=C(c2ccccc2)/N=C(c2ccc(-c3ccccc3)cc2)\N=C(\c2cccc(-c3cccc4c3Sc3ccccc3C43c4ccccc4-n4c5ccccc5c5cccc3c54)c2)CC1. The normalized spacial score (nSPS) is 18.9. The molecule has 3 nitrogen and oxygen atoms in total. The third-order valence-corrected chi connectivity index (χ3v) is 15.2. The fourth-order valence-corrected chi connectivity index (χ4v) is 12.3. The van der Waals surface area contributed by atoms with Gasteiger partial charge in [-0.1, -0.05) is 206 Å². The van der Waals surface area contributed by atoms with Crippen LogP contribution in [0.15, 0.2) is 244 Å². The van der Waals surface area contributed by atoms with Crippen molar-refractivity contribution in [1.82, 2.24) is 4.57 Å². The van der Waals surface area contributed by atoms with Crippen molar-refractivity contribution in [2.45, 2.75) is 35.0 Å². The number of para-hydroxylation sites is 3. The smallest absolute Gasteiger partial charge is 0.160 e. The van der Waals surface area contributed by atoms with E-state index in [1.165, 1.54) is 87.4 Å². The zero-order valence-electron chi connectivity index (χ0n) is 36.4. The number of nitrogens with zero attached hydrogens (tertiary/aromatic N) is 3. The lowest BCUT2D eigenvalue weighted by Crippen LogP contribution is -2.37. The predicted molar refractivity (Wildman–Crippen MR) is 275 cm³/mol. The van der Waals surface area contributed by atoms with Gasteiger partial charge >= 0.3 is 0 Å². The molecule has 13 rings (SSSR count). The largest absolute Gasteiger partial charge is 0.309 e. The van der Waals surface area contributed by atoms with Crippen molar-refractivity contribution in [3.05, 3.63) is 263 Å². The lowest BCUT2D eigenvalue weighted by Gasteiger charge is -2.45. The van der Waals surface area contributed by atoms with E-state index in [0.29, 0.717) is 0 Å². The van der Waals surface area contributed by atoms with Crippen molar-refractivity contribution >= 4 is 50.8 Å². The Morgan fingerprint density at radius 3 is 1.91 bits per heavy atom. The number of amidine groups is 1. The van der Waals surface area contributed by atoms with Crippen LogP contribution in [0, 0.1) is 0 Å². The summed E-state index contributed by atoms with van der Waals surface area (Å²) in [6.45, 7) is 2.23. The van der Waals surface area contributed by atoms with Gasteiger partial charge in [0.25, 0.3) is 0 Å². The predicted octanol–water partition coefficient (Wildman–Crippen LogP) is 15.7. The number of hydrogen-bond acceptors (Lipinski definition) is 3.